The number of rotatable bonds is 7. The number of guanidine groups is 1. The monoisotopic (exact) mass is 388 g/mol. The number of benzene rings is 1. The van der Waals surface area contributed by atoms with Gasteiger partial charge in [0, 0.05) is 30.6 Å². The Labute approximate surface area is 165 Å². The van der Waals surface area contributed by atoms with Crippen molar-refractivity contribution in [1.82, 2.24) is 15.6 Å². The van der Waals surface area contributed by atoms with E-state index in [1.807, 2.05) is 12.4 Å². The number of thiazole rings is 1. The molecule has 27 heavy (non-hydrogen) atoms. The van der Waals surface area contributed by atoms with Gasteiger partial charge in [0.05, 0.1) is 23.9 Å². The van der Waals surface area contributed by atoms with Gasteiger partial charge < -0.3 is 20.1 Å². The topological polar surface area (TPSA) is 67.8 Å². The average Bonchev–Trinajstić information content (AvgIpc) is 3.33. The van der Waals surface area contributed by atoms with Crippen molar-refractivity contribution in [2.24, 2.45) is 4.99 Å². The first-order valence-corrected chi connectivity index (χ1v) is 10.2. The first-order chi connectivity index (χ1) is 13.2. The van der Waals surface area contributed by atoms with Crippen LogP contribution in [0.5, 0.6) is 5.75 Å². The Hall–Kier alpha value is -2.12. The summed E-state index contributed by atoms with van der Waals surface area (Å²) in [6.45, 7) is 6.90. The highest BCUT2D eigenvalue weighted by molar-refractivity contribution is 7.09. The maximum atomic E-state index is 6.07. The lowest BCUT2D eigenvalue weighted by atomic mass is 10.1. The predicted octanol–water partition coefficient (Wildman–Crippen LogP) is 3.18. The summed E-state index contributed by atoms with van der Waals surface area (Å²) in [5.41, 5.74) is 5.22. The molecule has 1 aromatic carbocycles. The molecule has 0 amide bonds. The zero-order valence-electron chi connectivity index (χ0n) is 16.2. The minimum Gasteiger partial charge on any atom is -0.491 e. The van der Waals surface area contributed by atoms with Gasteiger partial charge in [-0.1, -0.05) is 12.1 Å². The quantitative estimate of drug-likeness (QED) is 0.563. The normalized spacial score (nSPS) is 17.1. The second-order valence-corrected chi connectivity index (χ2v) is 7.64. The number of ether oxygens (including phenoxy) is 2. The van der Waals surface area contributed by atoms with Crippen molar-refractivity contribution >= 4 is 17.3 Å². The first kappa shape index (κ1) is 19.6. The zero-order chi connectivity index (χ0) is 19.1. The van der Waals surface area contributed by atoms with E-state index in [1.165, 1.54) is 10.4 Å². The summed E-state index contributed by atoms with van der Waals surface area (Å²) in [5, 5.41) is 6.71. The van der Waals surface area contributed by atoms with Crippen molar-refractivity contribution in [2.45, 2.75) is 45.9 Å². The van der Waals surface area contributed by atoms with Crippen LogP contribution in [0.25, 0.3) is 0 Å². The molecule has 1 aromatic heterocycles. The molecule has 1 unspecified atom stereocenters. The van der Waals surface area contributed by atoms with Gasteiger partial charge in [0.1, 0.15) is 12.4 Å². The van der Waals surface area contributed by atoms with Crippen LogP contribution in [0.1, 0.15) is 34.5 Å². The Morgan fingerprint density at radius 3 is 2.89 bits per heavy atom. The van der Waals surface area contributed by atoms with Gasteiger partial charge in [0.25, 0.3) is 0 Å². The lowest BCUT2D eigenvalue weighted by molar-refractivity contribution is 0.0676. The Morgan fingerprint density at radius 1 is 1.33 bits per heavy atom. The average molecular weight is 389 g/mol. The number of aliphatic imine (C=N–C) groups is 1. The van der Waals surface area contributed by atoms with E-state index in [9.17, 15) is 0 Å². The molecular weight excluding hydrogens is 360 g/mol. The molecule has 3 rings (SSSR count). The standard InChI is InChI=1S/C20H28N4O2S/c1-14-6-7-16(18(9-14)26-12-17-5-4-8-25-17)10-22-20(21-3)23-11-19-15(2)24-13-27-19/h6-7,9,13,17H,4-5,8,10-12H2,1-3H3,(H2,21,22,23). The van der Waals surface area contributed by atoms with Gasteiger partial charge in [-0.25, -0.2) is 4.98 Å². The van der Waals surface area contributed by atoms with Crippen molar-refractivity contribution < 1.29 is 9.47 Å². The smallest absolute Gasteiger partial charge is 0.191 e. The van der Waals surface area contributed by atoms with Crippen LogP contribution < -0.4 is 15.4 Å². The summed E-state index contributed by atoms with van der Waals surface area (Å²) in [6.07, 6.45) is 2.41. The van der Waals surface area contributed by atoms with Crippen LogP contribution >= 0.6 is 11.3 Å². The zero-order valence-corrected chi connectivity index (χ0v) is 17.1. The Kier molecular flexibility index (Phi) is 7.06. The van der Waals surface area contributed by atoms with Gasteiger partial charge in [0.15, 0.2) is 5.96 Å². The van der Waals surface area contributed by atoms with Crippen LogP contribution in [0.3, 0.4) is 0 Å². The maximum Gasteiger partial charge on any atom is 0.191 e. The lowest BCUT2D eigenvalue weighted by Gasteiger charge is -2.17. The number of nitrogens with one attached hydrogen (secondary N) is 2. The fourth-order valence-electron chi connectivity index (χ4n) is 2.96. The molecule has 2 N–H and O–H groups in total. The SMILES string of the molecule is CN=C(NCc1ccc(C)cc1OCC1CCCO1)NCc1scnc1C. The number of aryl methyl sites for hydroxylation is 2. The van der Waals surface area contributed by atoms with Crippen LogP contribution in [-0.4, -0.2) is 37.3 Å². The van der Waals surface area contributed by atoms with E-state index in [0.717, 1.165) is 42.4 Å². The van der Waals surface area contributed by atoms with Gasteiger partial charge in [-0.3, -0.25) is 4.99 Å². The molecule has 0 saturated carbocycles. The fraction of sp³-hybridized carbons (Fsp3) is 0.500. The molecular formula is C20H28N4O2S. The fourth-order valence-corrected chi connectivity index (χ4v) is 3.68. The predicted molar refractivity (Wildman–Crippen MR) is 110 cm³/mol. The van der Waals surface area contributed by atoms with Crippen molar-refractivity contribution in [1.29, 1.82) is 0 Å². The first-order valence-electron chi connectivity index (χ1n) is 9.33. The second-order valence-electron chi connectivity index (χ2n) is 6.70. The van der Waals surface area contributed by atoms with E-state index >= 15 is 0 Å². The van der Waals surface area contributed by atoms with Gasteiger partial charge in [-0.15, -0.1) is 11.3 Å². The molecule has 2 heterocycles. The number of hydrogen-bond acceptors (Lipinski definition) is 5. The molecule has 1 aliphatic rings. The van der Waals surface area contributed by atoms with Gasteiger partial charge in [-0.05, 0) is 38.3 Å². The summed E-state index contributed by atoms with van der Waals surface area (Å²) in [4.78, 5) is 9.80. The Bertz CT molecular complexity index is 769. The minimum absolute atomic E-state index is 0.211. The van der Waals surface area contributed by atoms with E-state index in [2.05, 4.69) is 45.7 Å². The van der Waals surface area contributed by atoms with Crippen molar-refractivity contribution in [2.75, 3.05) is 20.3 Å². The Balaban J connectivity index is 1.56. The third kappa shape index (κ3) is 5.68. The summed E-state index contributed by atoms with van der Waals surface area (Å²) in [5.74, 6) is 1.67. The summed E-state index contributed by atoms with van der Waals surface area (Å²) in [6, 6.07) is 6.30. The molecule has 1 saturated heterocycles. The molecule has 1 fully saturated rings. The highest BCUT2D eigenvalue weighted by Crippen LogP contribution is 2.22. The molecule has 0 aliphatic carbocycles. The van der Waals surface area contributed by atoms with Crippen LogP contribution in [0.15, 0.2) is 28.7 Å². The van der Waals surface area contributed by atoms with Gasteiger partial charge in [0.2, 0.25) is 0 Å². The largest absolute Gasteiger partial charge is 0.491 e. The van der Waals surface area contributed by atoms with Crippen LogP contribution in [0.4, 0.5) is 0 Å². The molecule has 146 valence electrons. The summed E-state index contributed by atoms with van der Waals surface area (Å²) < 4.78 is 11.7. The Morgan fingerprint density at radius 2 is 2.19 bits per heavy atom. The number of hydrogen-bond donors (Lipinski definition) is 2. The molecule has 6 nitrogen and oxygen atoms in total. The van der Waals surface area contributed by atoms with E-state index in [0.29, 0.717) is 19.7 Å². The molecule has 1 atom stereocenters. The van der Waals surface area contributed by atoms with Gasteiger partial charge in [-0.2, -0.15) is 0 Å². The molecule has 0 bridgehead atoms. The number of nitrogens with zero attached hydrogens (tertiary/aromatic N) is 2. The van der Waals surface area contributed by atoms with E-state index < -0.39 is 0 Å². The van der Waals surface area contributed by atoms with Crippen molar-refractivity contribution in [3.8, 4) is 5.75 Å². The van der Waals surface area contributed by atoms with Crippen LogP contribution in [-0.2, 0) is 17.8 Å². The molecule has 0 radical (unpaired) electrons. The van der Waals surface area contributed by atoms with E-state index in [-0.39, 0.29) is 6.10 Å². The van der Waals surface area contributed by atoms with E-state index in [4.69, 9.17) is 9.47 Å². The number of aromatic nitrogens is 1. The van der Waals surface area contributed by atoms with Crippen molar-refractivity contribution in [3.05, 3.63) is 45.4 Å². The third-order valence-electron chi connectivity index (χ3n) is 4.60. The minimum atomic E-state index is 0.211. The maximum absolute atomic E-state index is 6.07. The van der Waals surface area contributed by atoms with E-state index in [1.54, 1.807) is 18.4 Å². The second kappa shape index (κ2) is 9.71. The third-order valence-corrected chi connectivity index (χ3v) is 5.54. The van der Waals surface area contributed by atoms with Crippen LogP contribution in [0, 0.1) is 13.8 Å². The van der Waals surface area contributed by atoms with Gasteiger partial charge >= 0.3 is 0 Å². The summed E-state index contributed by atoms with van der Waals surface area (Å²) in [7, 11) is 1.78. The van der Waals surface area contributed by atoms with Crippen molar-refractivity contribution in [3.63, 3.8) is 0 Å². The molecule has 1 aliphatic heterocycles. The summed E-state index contributed by atoms with van der Waals surface area (Å²) >= 11 is 1.65. The highest BCUT2D eigenvalue weighted by atomic mass is 32.1. The highest BCUT2D eigenvalue weighted by Gasteiger charge is 2.17. The molecule has 2 aromatic rings. The van der Waals surface area contributed by atoms with Crippen LogP contribution in [0.2, 0.25) is 0 Å². The molecule has 0 spiro atoms. The molecule has 7 heteroatoms. The lowest BCUT2D eigenvalue weighted by Crippen LogP contribution is -2.36.